The number of H-pyrrole nitrogens is 1. The predicted molar refractivity (Wildman–Crippen MR) is 130 cm³/mol. The highest BCUT2D eigenvalue weighted by Gasteiger charge is 2.25. The number of piperazine rings is 1. The molecule has 1 aromatic heterocycles. The van der Waals surface area contributed by atoms with Gasteiger partial charge in [0.25, 0.3) is 5.91 Å². The van der Waals surface area contributed by atoms with Gasteiger partial charge in [0.2, 0.25) is 0 Å². The molecule has 1 fully saturated rings. The molecule has 2 aromatic rings. The first-order valence-corrected chi connectivity index (χ1v) is 11.9. The molecule has 1 aromatic carbocycles. The van der Waals surface area contributed by atoms with Crippen molar-refractivity contribution < 1.29 is 4.79 Å². The fourth-order valence-corrected chi connectivity index (χ4v) is 4.57. The van der Waals surface area contributed by atoms with E-state index in [1.165, 1.54) is 10.9 Å². The summed E-state index contributed by atoms with van der Waals surface area (Å²) in [5, 5.41) is 21.0. The SMILES string of the molecule is CCCCC(Cc1c[nH]c2ccccc12)NC(=O)C(=N)SC(=N)N1CCN(C)C(C)C1. The summed E-state index contributed by atoms with van der Waals surface area (Å²) < 4.78 is 0. The highest BCUT2D eigenvalue weighted by Crippen LogP contribution is 2.21. The highest BCUT2D eigenvalue weighted by molar-refractivity contribution is 8.27. The number of aromatic amines is 1. The van der Waals surface area contributed by atoms with Crippen LogP contribution in [-0.4, -0.2) is 69.7 Å². The Labute approximate surface area is 189 Å². The number of amides is 1. The molecular weight excluding hydrogens is 408 g/mol. The summed E-state index contributed by atoms with van der Waals surface area (Å²) in [5.74, 6) is -0.391. The molecule has 0 saturated carbocycles. The molecule has 8 heteroatoms. The lowest BCUT2D eigenvalue weighted by molar-refractivity contribution is -0.115. The molecule has 0 radical (unpaired) electrons. The van der Waals surface area contributed by atoms with Gasteiger partial charge >= 0.3 is 0 Å². The maximum atomic E-state index is 12.8. The number of para-hydroxylation sites is 1. The summed E-state index contributed by atoms with van der Waals surface area (Å²) >= 11 is 0.950. The molecule has 1 aliphatic rings. The van der Waals surface area contributed by atoms with E-state index in [0.29, 0.717) is 6.04 Å². The first kappa shape index (κ1) is 23.3. The van der Waals surface area contributed by atoms with E-state index >= 15 is 0 Å². The molecule has 1 aliphatic heterocycles. The Bertz CT molecular complexity index is 926. The number of nitrogens with one attached hydrogen (secondary N) is 4. The van der Waals surface area contributed by atoms with Crippen molar-refractivity contribution in [3.8, 4) is 0 Å². The van der Waals surface area contributed by atoms with Gasteiger partial charge < -0.3 is 20.1 Å². The Morgan fingerprint density at radius 1 is 1.32 bits per heavy atom. The standard InChI is InChI=1S/C23H34N6OS/c1-4-5-8-18(13-17-14-26-20-10-7-6-9-19(17)20)27-22(30)21(24)31-23(25)29-12-11-28(3)16(2)15-29/h6-7,9-10,14,16,18,24-26H,4-5,8,11-13,15H2,1-3H3,(H,27,30). The van der Waals surface area contributed by atoms with E-state index in [9.17, 15) is 4.79 Å². The normalized spacial score (nSPS) is 18.2. The average molecular weight is 443 g/mol. The molecule has 1 saturated heterocycles. The van der Waals surface area contributed by atoms with Crippen LogP contribution in [-0.2, 0) is 11.2 Å². The number of hydrogen-bond acceptors (Lipinski definition) is 5. The smallest absolute Gasteiger partial charge is 0.276 e. The Balaban J connectivity index is 1.59. The van der Waals surface area contributed by atoms with Crippen molar-refractivity contribution in [1.82, 2.24) is 20.1 Å². The largest absolute Gasteiger partial charge is 0.361 e. The second kappa shape index (κ2) is 10.8. The summed E-state index contributed by atoms with van der Waals surface area (Å²) in [7, 11) is 2.08. The third kappa shape index (κ3) is 6.11. The first-order valence-electron chi connectivity index (χ1n) is 11.0. The minimum absolute atomic E-state index is 0.0366. The van der Waals surface area contributed by atoms with Gasteiger partial charge in [0.1, 0.15) is 0 Å². The molecule has 2 unspecified atom stereocenters. The van der Waals surface area contributed by atoms with Crippen LogP contribution in [0.2, 0.25) is 0 Å². The Kier molecular flexibility index (Phi) is 8.15. The van der Waals surface area contributed by atoms with Gasteiger partial charge in [-0.2, -0.15) is 0 Å². The van der Waals surface area contributed by atoms with Crippen LogP contribution in [0.3, 0.4) is 0 Å². The summed E-state index contributed by atoms with van der Waals surface area (Å²) in [6, 6.07) is 8.49. The molecule has 2 heterocycles. The lowest BCUT2D eigenvalue weighted by Gasteiger charge is -2.38. The Hall–Kier alpha value is -2.32. The summed E-state index contributed by atoms with van der Waals surface area (Å²) in [6.45, 7) is 6.65. The van der Waals surface area contributed by atoms with Crippen molar-refractivity contribution in [3.05, 3.63) is 36.0 Å². The monoisotopic (exact) mass is 442 g/mol. The number of rotatable bonds is 6. The minimum Gasteiger partial charge on any atom is -0.361 e. The molecule has 3 rings (SSSR count). The van der Waals surface area contributed by atoms with Crippen molar-refractivity contribution in [3.63, 3.8) is 0 Å². The first-order chi connectivity index (χ1) is 14.9. The van der Waals surface area contributed by atoms with E-state index in [-0.39, 0.29) is 16.3 Å². The van der Waals surface area contributed by atoms with Crippen molar-refractivity contribution >= 4 is 38.8 Å². The van der Waals surface area contributed by atoms with Crippen LogP contribution < -0.4 is 5.32 Å². The molecule has 0 bridgehead atoms. The molecule has 0 spiro atoms. The zero-order valence-corrected chi connectivity index (χ0v) is 19.5. The molecule has 7 nitrogen and oxygen atoms in total. The van der Waals surface area contributed by atoms with Crippen LogP contribution in [0, 0.1) is 10.8 Å². The molecule has 4 N–H and O–H groups in total. The van der Waals surface area contributed by atoms with Crippen molar-refractivity contribution in [2.24, 2.45) is 0 Å². The number of amidine groups is 1. The van der Waals surface area contributed by atoms with Gasteiger partial charge in [-0.3, -0.25) is 15.6 Å². The molecule has 0 aliphatic carbocycles. The summed E-state index contributed by atoms with van der Waals surface area (Å²) in [6.07, 6.45) is 5.68. The van der Waals surface area contributed by atoms with Gasteiger partial charge in [-0.15, -0.1) is 0 Å². The van der Waals surface area contributed by atoms with Gasteiger partial charge in [-0.25, -0.2) is 0 Å². The number of aromatic nitrogens is 1. The predicted octanol–water partition coefficient (Wildman–Crippen LogP) is 3.67. The van der Waals surface area contributed by atoms with Crippen molar-refractivity contribution in [1.29, 1.82) is 10.8 Å². The lowest BCUT2D eigenvalue weighted by atomic mass is 10.0. The molecule has 2 atom stereocenters. The number of carbonyl (C=O) groups excluding carboxylic acids is 1. The lowest BCUT2D eigenvalue weighted by Crippen LogP contribution is -2.51. The summed E-state index contributed by atoms with van der Waals surface area (Å²) in [5.41, 5.74) is 2.27. The van der Waals surface area contributed by atoms with Gasteiger partial charge in [-0.05, 0) is 50.2 Å². The molecule has 168 valence electrons. The van der Waals surface area contributed by atoms with Crippen LogP contribution in [0.1, 0.15) is 38.7 Å². The van der Waals surface area contributed by atoms with E-state index < -0.39 is 5.91 Å². The van der Waals surface area contributed by atoms with Gasteiger partial charge in [0.15, 0.2) is 10.2 Å². The van der Waals surface area contributed by atoms with Gasteiger partial charge in [-0.1, -0.05) is 38.0 Å². The second-order valence-electron chi connectivity index (χ2n) is 8.39. The van der Waals surface area contributed by atoms with E-state index in [2.05, 4.69) is 48.2 Å². The average Bonchev–Trinajstić information content (AvgIpc) is 3.16. The maximum Gasteiger partial charge on any atom is 0.276 e. The van der Waals surface area contributed by atoms with Crippen LogP contribution >= 0.6 is 11.8 Å². The number of fused-ring (bicyclic) bond motifs is 1. The topological polar surface area (TPSA) is 99.1 Å². The number of carbonyl (C=O) groups is 1. The van der Waals surface area contributed by atoms with Gasteiger partial charge in [0.05, 0.1) is 0 Å². The van der Waals surface area contributed by atoms with Crippen molar-refractivity contribution in [2.45, 2.75) is 51.6 Å². The Morgan fingerprint density at radius 2 is 2.10 bits per heavy atom. The highest BCUT2D eigenvalue weighted by atomic mass is 32.2. The third-order valence-electron chi connectivity index (χ3n) is 6.03. The van der Waals surface area contributed by atoms with E-state index in [1.807, 2.05) is 23.2 Å². The van der Waals surface area contributed by atoms with Gasteiger partial charge in [0, 0.05) is 48.8 Å². The summed E-state index contributed by atoms with van der Waals surface area (Å²) in [4.78, 5) is 20.3. The minimum atomic E-state index is -0.391. The van der Waals surface area contributed by atoms with Crippen molar-refractivity contribution in [2.75, 3.05) is 26.7 Å². The number of hydrogen-bond donors (Lipinski definition) is 4. The van der Waals surface area contributed by atoms with Crippen LogP contribution in [0.4, 0.5) is 0 Å². The number of unbranched alkanes of at least 4 members (excludes halogenated alkanes) is 1. The molecule has 1 amide bonds. The molecule has 31 heavy (non-hydrogen) atoms. The van der Waals surface area contributed by atoms with E-state index in [1.54, 1.807) is 0 Å². The number of likely N-dealkylation sites (N-methyl/N-ethyl adjacent to an activating group) is 1. The zero-order valence-electron chi connectivity index (χ0n) is 18.7. The van der Waals surface area contributed by atoms with E-state index in [0.717, 1.165) is 62.6 Å². The fourth-order valence-electron chi connectivity index (χ4n) is 3.93. The Morgan fingerprint density at radius 3 is 2.84 bits per heavy atom. The van der Waals surface area contributed by atoms with Crippen LogP contribution in [0.25, 0.3) is 10.9 Å². The number of benzene rings is 1. The zero-order chi connectivity index (χ0) is 22.4. The third-order valence-corrected chi connectivity index (χ3v) is 6.88. The number of nitrogens with zero attached hydrogens (tertiary/aromatic N) is 2. The quantitative estimate of drug-likeness (QED) is 0.405. The maximum absolute atomic E-state index is 12.8. The second-order valence-corrected chi connectivity index (χ2v) is 9.39. The van der Waals surface area contributed by atoms with E-state index in [4.69, 9.17) is 10.8 Å². The number of thioether (sulfide) groups is 1. The van der Waals surface area contributed by atoms with Crippen LogP contribution in [0.5, 0.6) is 0 Å². The van der Waals surface area contributed by atoms with Crippen LogP contribution in [0.15, 0.2) is 30.5 Å². The fraction of sp³-hybridized carbons (Fsp3) is 0.522. The molecular formula is C23H34N6OS.